The lowest BCUT2D eigenvalue weighted by Crippen LogP contribution is -2.56. The van der Waals surface area contributed by atoms with Crippen molar-refractivity contribution in [2.24, 2.45) is 5.92 Å². The van der Waals surface area contributed by atoms with E-state index >= 15 is 0 Å². The molecule has 42 heavy (non-hydrogen) atoms. The number of hydrogen-bond acceptors (Lipinski definition) is 5. The van der Waals surface area contributed by atoms with Crippen LogP contribution < -0.4 is 16.0 Å². The molecule has 0 aromatic heterocycles. The highest BCUT2D eigenvalue weighted by molar-refractivity contribution is 6.30. The largest absolute Gasteiger partial charge is 0.344 e. The molecule has 3 heterocycles. The zero-order valence-corrected chi connectivity index (χ0v) is 26.0. The van der Waals surface area contributed by atoms with Crippen LogP contribution in [0, 0.1) is 5.92 Å². The Morgan fingerprint density at radius 2 is 1.67 bits per heavy atom. The zero-order valence-electron chi connectivity index (χ0n) is 25.3. The summed E-state index contributed by atoms with van der Waals surface area (Å²) >= 11 is 6.13. The van der Waals surface area contributed by atoms with E-state index in [1.54, 1.807) is 0 Å². The van der Waals surface area contributed by atoms with Crippen LogP contribution in [-0.4, -0.2) is 79.0 Å². The molecule has 3 N–H and O–H groups in total. The van der Waals surface area contributed by atoms with E-state index in [0.717, 1.165) is 64.1 Å². The van der Waals surface area contributed by atoms with Crippen LogP contribution in [0.15, 0.2) is 48.5 Å². The van der Waals surface area contributed by atoms with E-state index in [4.69, 9.17) is 11.6 Å². The Kier molecular flexibility index (Phi) is 10.9. The number of rotatable bonds is 10. The summed E-state index contributed by atoms with van der Waals surface area (Å²) in [6.45, 7) is 10.2. The van der Waals surface area contributed by atoms with Gasteiger partial charge in [-0.3, -0.25) is 14.5 Å². The van der Waals surface area contributed by atoms with Crippen molar-refractivity contribution in [2.75, 3.05) is 39.3 Å². The summed E-state index contributed by atoms with van der Waals surface area (Å²) < 4.78 is 0. The first-order chi connectivity index (χ1) is 20.4. The molecule has 3 aliphatic rings. The molecular formula is C34H48ClN5O2. The highest BCUT2D eigenvalue weighted by Gasteiger charge is 2.34. The van der Waals surface area contributed by atoms with E-state index < -0.39 is 6.04 Å². The summed E-state index contributed by atoms with van der Waals surface area (Å²) in [5.74, 6) is 0.538. The Morgan fingerprint density at radius 1 is 0.976 bits per heavy atom. The second-order valence-electron chi connectivity index (χ2n) is 12.7. The number of carbonyl (C=O) groups excluding carboxylic acids is 2. The van der Waals surface area contributed by atoms with Gasteiger partial charge in [0, 0.05) is 55.6 Å². The molecule has 2 saturated heterocycles. The van der Waals surface area contributed by atoms with Gasteiger partial charge in [-0.1, -0.05) is 61.8 Å². The minimum Gasteiger partial charge on any atom is -0.344 e. The summed E-state index contributed by atoms with van der Waals surface area (Å²) in [4.78, 5) is 32.2. The Bertz CT molecular complexity index is 1170. The Hall–Kier alpha value is -2.45. The van der Waals surface area contributed by atoms with Gasteiger partial charge in [-0.05, 0) is 86.5 Å². The first-order valence-electron chi connectivity index (χ1n) is 16.0. The van der Waals surface area contributed by atoms with Crippen molar-refractivity contribution in [3.63, 3.8) is 0 Å². The highest BCUT2D eigenvalue weighted by Crippen LogP contribution is 2.27. The van der Waals surface area contributed by atoms with E-state index in [9.17, 15) is 9.59 Å². The van der Waals surface area contributed by atoms with E-state index in [2.05, 4.69) is 52.9 Å². The lowest BCUT2D eigenvalue weighted by molar-refractivity contribution is -0.138. The predicted molar refractivity (Wildman–Crippen MR) is 170 cm³/mol. The van der Waals surface area contributed by atoms with Crippen LogP contribution >= 0.6 is 11.6 Å². The minimum absolute atomic E-state index is 0.0195. The Labute approximate surface area is 256 Å². The van der Waals surface area contributed by atoms with Gasteiger partial charge in [0.25, 0.3) is 0 Å². The molecule has 0 spiro atoms. The number of nitrogens with one attached hydrogen (secondary N) is 3. The van der Waals surface area contributed by atoms with Gasteiger partial charge in [0.2, 0.25) is 11.8 Å². The van der Waals surface area contributed by atoms with Gasteiger partial charge in [0.05, 0.1) is 0 Å². The molecule has 2 atom stereocenters. The number of fused-ring (bicyclic) bond motifs is 1. The molecule has 2 amide bonds. The number of likely N-dealkylation sites (tertiary alicyclic amines) is 1. The van der Waals surface area contributed by atoms with Crippen molar-refractivity contribution >= 4 is 23.4 Å². The van der Waals surface area contributed by atoms with E-state index in [1.165, 1.54) is 24.0 Å². The van der Waals surface area contributed by atoms with Gasteiger partial charge in [0.15, 0.2) is 0 Å². The molecular weight excluding hydrogens is 546 g/mol. The van der Waals surface area contributed by atoms with Crippen LogP contribution in [0.5, 0.6) is 0 Å². The fourth-order valence-corrected chi connectivity index (χ4v) is 7.19. The van der Waals surface area contributed by atoms with Gasteiger partial charge in [0.1, 0.15) is 6.04 Å². The number of carbonyl (C=O) groups is 2. The summed E-state index contributed by atoms with van der Waals surface area (Å²) in [5.41, 5.74) is 3.46. The third-order valence-corrected chi connectivity index (χ3v) is 9.44. The minimum atomic E-state index is -0.606. The number of amides is 2. The summed E-state index contributed by atoms with van der Waals surface area (Å²) in [7, 11) is 0. The first kappa shape index (κ1) is 31.0. The number of benzene rings is 2. The highest BCUT2D eigenvalue weighted by atomic mass is 35.5. The van der Waals surface area contributed by atoms with Crippen molar-refractivity contribution in [3.8, 4) is 0 Å². The predicted octanol–water partition coefficient (Wildman–Crippen LogP) is 4.35. The number of hydrogen-bond donors (Lipinski definition) is 3. The zero-order chi connectivity index (χ0) is 29.5. The summed E-state index contributed by atoms with van der Waals surface area (Å²) in [6.07, 6.45) is 6.07. The SMILES string of the molecule is CC(C)CN(C1CCNCC1)C1CCN(C(=O)[C@@H](Cc2ccc(Cl)cc2)NC(=O)C[C@H]2NCCc3ccccc32)CC1. The molecule has 228 valence electrons. The molecule has 0 radical (unpaired) electrons. The maximum absolute atomic E-state index is 14.0. The smallest absolute Gasteiger partial charge is 0.245 e. The second kappa shape index (κ2) is 14.8. The molecule has 3 aliphatic heterocycles. The van der Waals surface area contributed by atoms with Crippen molar-refractivity contribution < 1.29 is 9.59 Å². The van der Waals surface area contributed by atoms with Crippen molar-refractivity contribution in [3.05, 3.63) is 70.2 Å². The molecule has 2 aromatic rings. The van der Waals surface area contributed by atoms with Crippen molar-refractivity contribution in [1.29, 1.82) is 0 Å². The lowest BCUT2D eigenvalue weighted by atomic mass is 9.92. The quantitative estimate of drug-likeness (QED) is 0.382. The standard InChI is InChI=1S/C34H48ClN5O2/c1-24(2)23-40(28-12-16-36-17-13-28)29-14-19-39(20-15-29)34(42)32(21-25-7-9-27(35)10-8-25)38-33(41)22-31-30-6-4-3-5-26(30)11-18-37-31/h3-10,24,28-29,31-32,36-37H,11-23H2,1-2H3,(H,38,41)/t31-,32-/m1/s1. The van der Waals surface area contributed by atoms with Crippen LogP contribution in [0.25, 0.3) is 0 Å². The maximum Gasteiger partial charge on any atom is 0.245 e. The molecule has 2 aromatic carbocycles. The summed E-state index contributed by atoms with van der Waals surface area (Å²) in [6, 6.07) is 16.4. The fourth-order valence-electron chi connectivity index (χ4n) is 7.06. The average Bonchev–Trinajstić information content (AvgIpc) is 3.01. The van der Waals surface area contributed by atoms with Crippen LogP contribution in [-0.2, 0) is 22.4 Å². The number of nitrogens with zero attached hydrogens (tertiary/aromatic N) is 2. The first-order valence-corrected chi connectivity index (χ1v) is 16.4. The van der Waals surface area contributed by atoms with Gasteiger partial charge in [-0.15, -0.1) is 0 Å². The van der Waals surface area contributed by atoms with Crippen LogP contribution in [0.2, 0.25) is 5.02 Å². The van der Waals surface area contributed by atoms with Crippen LogP contribution in [0.3, 0.4) is 0 Å². The molecule has 0 aliphatic carbocycles. The van der Waals surface area contributed by atoms with Gasteiger partial charge >= 0.3 is 0 Å². The van der Waals surface area contributed by atoms with Crippen molar-refractivity contribution in [1.82, 2.24) is 25.8 Å². The number of halogens is 1. The van der Waals surface area contributed by atoms with Gasteiger partial charge in [-0.25, -0.2) is 0 Å². The Morgan fingerprint density at radius 3 is 2.38 bits per heavy atom. The molecule has 0 unspecified atom stereocenters. The fraction of sp³-hybridized carbons (Fsp3) is 0.588. The molecule has 0 bridgehead atoms. The van der Waals surface area contributed by atoms with Gasteiger partial charge < -0.3 is 20.9 Å². The van der Waals surface area contributed by atoms with Crippen LogP contribution in [0.1, 0.15) is 68.7 Å². The Balaban J connectivity index is 1.24. The van der Waals surface area contributed by atoms with E-state index in [1.807, 2.05) is 35.2 Å². The molecule has 7 nitrogen and oxygen atoms in total. The number of piperidine rings is 2. The molecule has 5 rings (SSSR count). The topological polar surface area (TPSA) is 76.7 Å². The third kappa shape index (κ3) is 8.13. The maximum atomic E-state index is 14.0. The molecule has 0 saturated carbocycles. The molecule has 8 heteroatoms. The lowest BCUT2D eigenvalue weighted by Gasteiger charge is -2.45. The third-order valence-electron chi connectivity index (χ3n) is 9.19. The second-order valence-corrected chi connectivity index (χ2v) is 13.2. The molecule has 2 fully saturated rings. The van der Waals surface area contributed by atoms with E-state index in [0.29, 0.717) is 35.9 Å². The monoisotopic (exact) mass is 593 g/mol. The van der Waals surface area contributed by atoms with Gasteiger partial charge in [-0.2, -0.15) is 0 Å². The van der Waals surface area contributed by atoms with Crippen LogP contribution in [0.4, 0.5) is 0 Å². The summed E-state index contributed by atoms with van der Waals surface area (Å²) in [5, 5.41) is 10.8. The average molecular weight is 594 g/mol. The van der Waals surface area contributed by atoms with E-state index in [-0.39, 0.29) is 17.9 Å². The van der Waals surface area contributed by atoms with Crippen molar-refractivity contribution in [2.45, 2.75) is 83.0 Å². The normalized spacial score (nSPS) is 20.9.